The molecule has 0 radical (unpaired) electrons. The molecule has 1 saturated heterocycles. The fraction of sp³-hybridized carbons (Fsp3) is 0.824. The SMILES string of the molecule is COC(=O)[C@H]1CN(C(=O)OC(C)(C)C)CCCN1C(=O)OC(C)(C)C. The first-order valence-corrected chi connectivity index (χ1v) is 8.39. The van der Waals surface area contributed by atoms with Crippen molar-refractivity contribution < 1.29 is 28.6 Å². The van der Waals surface area contributed by atoms with Gasteiger partial charge in [-0.15, -0.1) is 0 Å². The largest absolute Gasteiger partial charge is 0.467 e. The maximum Gasteiger partial charge on any atom is 0.411 e. The van der Waals surface area contributed by atoms with Crippen LogP contribution >= 0.6 is 0 Å². The molecule has 1 fully saturated rings. The molecule has 8 nitrogen and oxygen atoms in total. The van der Waals surface area contributed by atoms with Gasteiger partial charge in [-0.2, -0.15) is 0 Å². The lowest BCUT2D eigenvalue weighted by Crippen LogP contribution is -2.52. The zero-order valence-electron chi connectivity index (χ0n) is 16.2. The van der Waals surface area contributed by atoms with Crippen LogP contribution < -0.4 is 0 Å². The molecule has 1 atom stereocenters. The van der Waals surface area contributed by atoms with Gasteiger partial charge < -0.3 is 19.1 Å². The van der Waals surface area contributed by atoms with Crippen LogP contribution in [-0.2, 0) is 19.0 Å². The lowest BCUT2D eigenvalue weighted by molar-refractivity contribution is -0.147. The highest BCUT2D eigenvalue weighted by Crippen LogP contribution is 2.19. The van der Waals surface area contributed by atoms with Gasteiger partial charge in [-0.05, 0) is 48.0 Å². The number of amides is 2. The number of ether oxygens (including phenoxy) is 3. The van der Waals surface area contributed by atoms with Crippen LogP contribution in [0.2, 0.25) is 0 Å². The van der Waals surface area contributed by atoms with Crippen LogP contribution in [0.4, 0.5) is 9.59 Å². The van der Waals surface area contributed by atoms with E-state index in [0.29, 0.717) is 13.0 Å². The molecule has 1 aliphatic heterocycles. The summed E-state index contributed by atoms with van der Waals surface area (Å²) in [4.78, 5) is 39.8. The van der Waals surface area contributed by atoms with Crippen LogP contribution in [0, 0.1) is 0 Å². The molecule has 0 bridgehead atoms. The maximum absolute atomic E-state index is 12.5. The van der Waals surface area contributed by atoms with Crippen molar-refractivity contribution in [1.29, 1.82) is 0 Å². The summed E-state index contributed by atoms with van der Waals surface area (Å²) in [6.07, 6.45) is -0.618. The van der Waals surface area contributed by atoms with Crippen molar-refractivity contribution in [3.8, 4) is 0 Å². The molecular weight excluding hydrogens is 328 g/mol. The second-order valence-corrected chi connectivity index (χ2v) is 7.99. The quantitative estimate of drug-likeness (QED) is 0.528. The van der Waals surface area contributed by atoms with Crippen molar-refractivity contribution in [3.63, 3.8) is 0 Å². The van der Waals surface area contributed by atoms with Crippen molar-refractivity contribution in [2.45, 2.75) is 65.2 Å². The standard InChI is InChI=1S/C17H30N2O6/c1-16(2,3)24-14(21)18-9-8-10-19(12(11-18)13(20)23-7)15(22)25-17(4,5)6/h12H,8-11H2,1-7H3/t12-/m1/s1. The summed E-state index contributed by atoms with van der Waals surface area (Å²) in [6, 6.07) is -0.935. The summed E-state index contributed by atoms with van der Waals surface area (Å²) in [5, 5.41) is 0. The third-order valence-corrected chi connectivity index (χ3v) is 3.35. The summed E-state index contributed by atoms with van der Waals surface area (Å²) >= 11 is 0. The van der Waals surface area contributed by atoms with E-state index in [1.807, 2.05) is 0 Å². The molecular formula is C17H30N2O6. The van der Waals surface area contributed by atoms with E-state index in [1.165, 1.54) is 16.9 Å². The van der Waals surface area contributed by atoms with E-state index in [-0.39, 0.29) is 13.1 Å². The predicted molar refractivity (Wildman–Crippen MR) is 91.2 cm³/mol. The highest BCUT2D eigenvalue weighted by molar-refractivity contribution is 5.82. The number of methoxy groups -OCH3 is 1. The zero-order chi connectivity index (χ0) is 19.4. The van der Waals surface area contributed by atoms with E-state index in [4.69, 9.17) is 14.2 Å². The molecule has 0 saturated carbocycles. The van der Waals surface area contributed by atoms with Gasteiger partial charge in [0.15, 0.2) is 6.04 Å². The second-order valence-electron chi connectivity index (χ2n) is 7.99. The van der Waals surface area contributed by atoms with E-state index in [0.717, 1.165) is 0 Å². The summed E-state index contributed by atoms with van der Waals surface area (Å²) in [5.74, 6) is -0.596. The van der Waals surface area contributed by atoms with Crippen LogP contribution in [0.3, 0.4) is 0 Å². The molecule has 0 aromatic heterocycles. The van der Waals surface area contributed by atoms with E-state index in [1.54, 1.807) is 41.5 Å². The van der Waals surface area contributed by atoms with Gasteiger partial charge in [0.25, 0.3) is 0 Å². The Morgan fingerprint density at radius 3 is 1.88 bits per heavy atom. The highest BCUT2D eigenvalue weighted by Gasteiger charge is 2.38. The molecule has 144 valence electrons. The Kier molecular flexibility index (Phi) is 6.68. The summed E-state index contributed by atoms with van der Waals surface area (Å²) in [6.45, 7) is 11.2. The number of esters is 1. The van der Waals surface area contributed by atoms with E-state index in [2.05, 4.69) is 0 Å². The Morgan fingerprint density at radius 2 is 1.40 bits per heavy atom. The average molecular weight is 358 g/mol. The van der Waals surface area contributed by atoms with Crippen LogP contribution in [0.1, 0.15) is 48.0 Å². The number of nitrogens with zero attached hydrogens (tertiary/aromatic N) is 2. The van der Waals surface area contributed by atoms with Gasteiger partial charge in [0.2, 0.25) is 0 Å². The number of rotatable bonds is 1. The minimum absolute atomic E-state index is 0.000823. The monoisotopic (exact) mass is 358 g/mol. The first-order chi connectivity index (χ1) is 11.3. The van der Waals surface area contributed by atoms with Gasteiger partial charge in [0, 0.05) is 13.1 Å². The van der Waals surface area contributed by atoms with Gasteiger partial charge in [0.05, 0.1) is 13.7 Å². The van der Waals surface area contributed by atoms with Crippen LogP contribution in [0.25, 0.3) is 0 Å². The third-order valence-electron chi connectivity index (χ3n) is 3.35. The molecule has 1 rings (SSSR count). The van der Waals surface area contributed by atoms with Crippen LogP contribution in [0.15, 0.2) is 0 Å². The van der Waals surface area contributed by atoms with Crippen molar-refractivity contribution >= 4 is 18.2 Å². The van der Waals surface area contributed by atoms with Gasteiger partial charge in [-0.1, -0.05) is 0 Å². The highest BCUT2D eigenvalue weighted by atomic mass is 16.6. The molecule has 0 aromatic carbocycles. The van der Waals surface area contributed by atoms with Gasteiger partial charge >= 0.3 is 18.2 Å². The van der Waals surface area contributed by atoms with Crippen molar-refractivity contribution in [3.05, 3.63) is 0 Å². The molecule has 8 heteroatoms. The Morgan fingerprint density at radius 1 is 0.880 bits per heavy atom. The predicted octanol–water partition coefficient (Wildman–Crippen LogP) is 2.41. The first kappa shape index (κ1) is 21.1. The van der Waals surface area contributed by atoms with E-state index in [9.17, 15) is 14.4 Å². The summed E-state index contributed by atoms with van der Waals surface area (Å²) < 4.78 is 15.6. The smallest absolute Gasteiger partial charge is 0.411 e. The van der Waals surface area contributed by atoms with Crippen LogP contribution in [-0.4, -0.2) is 71.9 Å². The minimum Gasteiger partial charge on any atom is -0.467 e. The van der Waals surface area contributed by atoms with Crippen molar-refractivity contribution in [2.24, 2.45) is 0 Å². The van der Waals surface area contributed by atoms with Gasteiger partial charge in [-0.3, -0.25) is 4.90 Å². The number of carbonyl (C=O) groups excluding carboxylic acids is 3. The van der Waals surface area contributed by atoms with Crippen molar-refractivity contribution in [1.82, 2.24) is 9.80 Å². The Hall–Kier alpha value is -1.99. The van der Waals surface area contributed by atoms with Gasteiger partial charge in [0.1, 0.15) is 11.2 Å². The Labute approximate surface area is 149 Å². The van der Waals surface area contributed by atoms with Crippen LogP contribution in [0.5, 0.6) is 0 Å². The molecule has 0 aromatic rings. The molecule has 0 aliphatic carbocycles. The molecule has 25 heavy (non-hydrogen) atoms. The molecule has 2 amide bonds. The average Bonchev–Trinajstić information content (AvgIpc) is 2.65. The Balaban J connectivity index is 2.97. The lowest BCUT2D eigenvalue weighted by Gasteiger charge is -2.32. The van der Waals surface area contributed by atoms with Crippen molar-refractivity contribution in [2.75, 3.05) is 26.7 Å². The lowest BCUT2D eigenvalue weighted by atomic mass is 10.2. The second kappa shape index (κ2) is 7.93. The molecule has 0 N–H and O–H groups in total. The molecule has 0 spiro atoms. The third kappa shape index (κ3) is 6.80. The Bertz CT molecular complexity index is 506. The van der Waals surface area contributed by atoms with E-state index >= 15 is 0 Å². The minimum atomic E-state index is -0.935. The summed E-state index contributed by atoms with van der Waals surface area (Å²) in [7, 11) is 1.25. The molecule has 1 heterocycles. The number of hydrogen-bond donors (Lipinski definition) is 0. The first-order valence-electron chi connectivity index (χ1n) is 8.39. The zero-order valence-corrected chi connectivity index (χ0v) is 16.2. The normalized spacial score (nSPS) is 19.1. The fourth-order valence-electron chi connectivity index (χ4n) is 2.36. The topological polar surface area (TPSA) is 85.4 Å². The molecule has 0 unspecified atom stereocenters. The number of carbonyl (C=O) groups is 3. The summed E-state index contributed by atoms with van der Waals surface area (Å²) in [5.41, 5.74) is -1.33. The van der Waals surface area contributed by atoms with Gasteiger partial charge in [-0.25, -0.2) is 14.4 Å². The maximum atomic E-state index is 12.5. The fourth-order valence-corrected chi connectivity index (χ4v) is 2.36. The molecule has 1 aliphatic rings. The number of hydrogen-bond acceptors (Lipinski definition) is 6. The van der Waals surface area contributed by atoms with E-state index < -0.39 is 35.4 Å².